The number of halogens is 4. The topological polar surface area (TPSA) is 177 Å². The van der Waals surface area contributed by atoms with Crippen LogP contribution in [0.3, 0.4) is 0 Å². The largest absolute Gasteiger partial charge is 0.416 e. The molecule has 380 valence electrons. The van der Waals surface area contributed by atoms with Crippen LogP contribution in [0.25, 0.3) is 27.6 Å². The number of rotatable bonds is 14. The van der Waals surface area contributed by atoms with Gasteiger partial charge < -0.3 is 14.2 Å². The standard InChI is InChI=1S/C28H28FN3O4S.C26H21F3N6O2/c1-19-3-4-27(20(2)13-19)37(34,35)18-22-17-32(16-21-5-7-30-8-6-21)25-15-26(31-9-11-36-12-10-31)24(29)14-23(25)28(22)33;27-26(28,29)18-8-5-17(6-9-18)7-10-20(36)11-12-23-32-33-25-34(15-19-13-14-30-16-31-19)24(37)21-3-1-2-4-22(21)35(23)25/h3-8,13-15,17H,9-12,16,18H2,1-2H3;1-6,8-9,13-14,16H,7,10-12,15H2. The maximum atomic E-state index is 15.3. The maximum Gasteiger partial charge on any atom is 0.416 e. The van der Waals surface area contributed by atoms with Gasteiger partial charge >= 0.3 is 6.18 Å². The van der Waals surface area contributed by atoms with E-state index in [0.29, 0.717) is 96.2 Å². The zero-order chi connectivity index (χ0) is 52.1. The van der Waals surface area contributed by atoms with Gasteiger partial charge in [0.1, 0.15) is 23.8 Å². The van der Waals surface area contributed by atoms with Crippen molar-refractivity contribution in [3.05, 3.63) is 199 Å². The van der Waals surface area contributed by atoms with E-state index < -0.39 is 38.6 Å². The maximum absolute atomic E-state index is 15.3. The minimum absolute atomic E-state index is 0.0461. The van der Waals surface area contributed by atoms with Gasteiger partial charge in [-0.15, -0.1) is 10.2 Å². The van der Waals surface area contributed by atoms with Crippen LogP contribution < -0.4 is 15.9 Å². The van der Waals surface area contributed by atoms with Gasteiger partial charge in [-0.1, -0.05) is 42.0 Å². The number of carbonyl (C=O) groups excluding carboxylic acids is 1. The van der Waals surface area contributed by atoms with Crippen molar-refractivity contribution in [3.63, 3.8) is 0 Å². The summed E-state index contributed by atoms with van der Waals surface area (Å²) in [7, 11) is -3.82. The fourth-order valence-electron chi connectivity index (χ4n) is 9.07. The Morgan fingerprint density at radius 2 is 1.50 bits per heavy atom. The number of fused-ring (bicyclic) bond motifs is 4. The molecule has 74 heavy (non-hydrogen) atoms. The molecule has 1 aliphatic rings. The zero-order valence-corrected chi connectivity index (χ0v) is 41.1. The molecule has 10 rings (SSSR count). The number of para-hydroxylation sites is 1. The van der Waals surface area contributed by atoms with Crippen LogP contribution in [0.1, 0.15) is 57.7 Å². The molecule has 0 aliphatic carbocycles. The average molecular weight is 1030 g/mol. The molecule has 0 radical (unpaired) electrons. The summed E-state index contributed by atoms with van der Waals surface area (Å²) in [6, 6.07) is 25.4. The van der Waals surface area contributed by atoms with Gasteiger partial charge in [-0.2, -0.15) is 13.2 Å². The van der Waals surface area contributed by atoms with Gasteiger partial charge in [0.05, 0.1) is 63.8 Å². The molecule has 0 atom stereocenters. The molecule has 20 heteroatoms. The van der Waals surface area contributed by atoms with Gasteiger partial charge in [-0.05, 0) is 97.6 Å². The highest BCUT2D eigenvalue weighted by molar-refractivity contribution is 7.90. The lowest BCUT2D eigenvalue weighted by molar-refractivity contribution is -0.137. The number of aryl methyl sites for hydroxylation is 4. The lowest BCUT2D eigenvalue weighted by Crippen LogP contribution is -2.36. The summed E-state index contributed by atoms with van der Waals surface area (Å²) in [6.07, 6.45) is 4.56. The van der Waals surface area contributed by atoms with Crippen molar-refractivity contribution >= 4 is 48.9 Å². The second-order valence-corrected chi connectivity index (χ2v) is 20.0. The number of sulfone groups is 1. The molecule has 1 aliphatic heterocycles. The molecule has 0 amide bonds. The number of pyridine rings is 2. The Bertz CT molecular complexity index is 3750. The number of nitrogens with zero attached hydrogens (tertiary/aromatic N) is 9. The number of morpholine rings is 1. The van der Waals surface area contributed by atoms with E-state index in [1.54, 1.807) is 84.6 Å². The molecule has 6 heterocycles. The van der Waals surface area contributed by atoms with Crippen LogP contribution in [-0.4, -0.2) is 79.2 Å². The number of aromatic nitrogens is 8. The fourth-order valence-corrected chi connectivity index (χ4v) is 10.7. The first kappa shape index (κ1) is 51.0. The molecule has 9 aromatic rings. The molecule has 1 saturated heterocycles. The second kappa shape index (κ2) is 21.6. The summed E-state index contributed by atoms with van der Waals surface area (Å²) in [5.74, 6) is -0.166. The van der Waals surface area contributed by atoms with Gasteiger partial charge in [0.2, 0.25) is 5.78 Å². The van der Waals surface area contributed by atoms with E-state index in [1.807, 2.05) is 34.6 Å². The Hall–Kier alpha value is -7.97. The number of anilines is 1. The number of ketones is 1. The Balaban J connectivity index is 0.000000182. The first-order valence-electron chi connectivity index (χ1n) is 23.7. The quantitative estimate of drug-likeness (QED) is 0.0960. The lowest BCUT2D eigenvalue weighted by atomic mass is 10.0. The van der Waals surface area contributed by atoms with E-state index in [0.717, 1.165) is 23.3 Å². The number of carbonyl (C=O) groups is 1. The third kappa shape index (κ3) is 11.3. The average Bonchev–Trinajstić information content (AvgIpc) is 3.83. The molecule has 0 saturated carbocycles. The first-order valence-corrected chi connectivity index (χ1v) is 25.3. The number of benzene rings is 4. The van der Waals surface area contributed by atoms with E-state index in [4.69, 9.17) is 4.74 Å². The monoisotopic (exact) mass is 1030 g/mol. The Kier molecular flexibility index (Phi) is 14.9. The summed E-state index contributed by atoms with van der Waals surface area (Å²) in [5.41, 5.74) is 4.03. The van der Waals surface area contributed by atoms with Gasteiger partial charge in [-0.25, -0.2) is 22.8 Å². The van der Waals surface area contributed by atoms with E-state index >= 15 is 4.39 Å². The Morgan fingerprint density at radius 1 is 0.770 bits per heavy atom. The molecule has 0 unspecified atom stereocenters. The molecule has 0 bridgehead atoms. The predicted molar refractivity (Wildman–Crippen MR) is 270 cm³/mol. The molecule has 5 aromatic heterocycles. The fraction of sp³-hybridized carbons (Fsp3) is 0.259. The summed E-state index contributed by atoms with van der Waals surface area (Å²) in [6.45, 7) is 6.26. The third-order valence-electron chi connectivity index (χ3n) is 12.8. The van der Waals surface area contributed by atoms with Crippen LogP contribution in [0.2, 0.25) is 0 Å². The van der Waals surface area contributed by atoms with E-state index in [2.05, 4.69) is 25.1 Å². The molecule has 0 spiro atoms. The van der Waals surface area contributed by atoms with Crippen molar-refractivity contribution in [2.45, 2.75) is 69.4 Å². The summed E-state index contributed by atoms with van der Waals surface area (Å²) in [5, 5.41) is 9.16. The van der Waals surface area contributed by atoms with Crippen molar-refractivity contribution < 1.29 is 35.5 Å². The number of hydrogen-bond acceptors (Lipinski definition) is 12. The molecule has 15 nitrogen and oxygen atoms in total. The molecular formula is C54H49F4N9O6S. The molecule has 1 fully saturated rings. The van der Waals surface area contributed by atoms with E-state index in [-0.39, 0.29) is 46.6 Å². The van der Waals surface area contributed by atoms with Crippen LogP contribution >= 0.6 is 0 Å². The van der Waals surface area contributed by atoms with Crippen LogP contribution in [0.4, 0.5) is 23.2 Å². The Morgan fingerprint density at radius 3 is 2.22 bits per heavy atom. The summed E-state index contributed by atoms with van der Waals surface area (Å²) < 4.78 is 90.8. The highest BCUT2D eigenvalue weighted by Gasteiger charge is 2.30. The minimum atomic E-state index is -4.39. The second-order valence-electron chi connectivity index (χ2n) is 18.0. The smallest absolute Gasteiger partial charge is 0.378 e. The van der Waals surface area contributed by atoms with Crippen molar-refractivity contribution in [1.29, 1.82) is 0 Å². The van der Waals surface area contributed by atoms with Crippen LogP contribution in [0.5, 0.6) is 0 Å². The predicted octanol–water partition coefficient (Wildman–Crippen LogP) is 8.05. The van der Waals surface area contributed by atoms with Crippen molar-refractivity contribution in [3.8, 4) is 0 Å². The Labute approximate surface area is 421 Å². The van der Waals surface area contributed by atoms with Crippen molar-refractivity contribution in [1.82, 2.24) is 38.7 Å². The molecule has 0 N–H and O–H groups in total. The molecule has 4 aromatic carbocycles. The van der Waals surface area contributed by atoms with Gasteiger partial charge in [0.15, 0.2) is 15.3 Å². The van der Waals surface area contributed by atoms with Crippen molar-refractivity contribution in [2.24, 2.45) is 0 Å². The third-order valence-corrected chi connectivity index (χ3v) is 14.6. The van der Waals surface area contributed by atoms with Crippen LogP contribution in [-0.2, 0) is 57.2 Å². The summed E-state index contributed by atoms with van der Waals surface area (Å²) in [4.78, 5) is 53.6. The van der Waals surface area contributed by atoms with Gasteiger partial charge in [0, 0.05) is 74.6 Å². The summed E-state index contributed by atoms with van der Waals surface area (Å²) >= 11 is 0. The minimum Gasteiger partial charge on any atom is -0.378 e. The van der Waals surface area contributed by atoms with E-state index in [9.17, 15) is 36.0 Å². The normalized spacial score (nSPS) is 13.1. The highest BCUT2D eigenvalue weighted by Crippen LogP contribution is 2.30. The zero-order valence-electron chi connectivity index (χ0n) is 40.3. The van der Waals surface area contributed by atoms with Gasteiger partial charge in [-0.3, -0.25) is 28.3 Å². The number of Topliss-reactive ketones (excluding diaryl/α,β-unsaturated/α-hetero) is 1. The number of alkyl halides is 3. The number of hydrogen-bond donors (Lipinski definition) is 0. The SMILES string of the molecule is Cc1ccc(S(=O)(=O)Cc2cn(Cc3ccncc3)c3cc(N4CCOCC4)c(F)cc3c2=O)c(C)c1.O=C(CCc1ccc(C(F)(F)F)cc1)CCc1nnc2n(Cc3ccncn3)c(=O)c3ccccc3n12. The van der Waals surface area contributed by atoms with Crippen molar-refractivity contribution in [2.75, 3.05) is 31.2 Å². The first-order chi connectivity index (χ1) is 35.5. The van der Waals surface area contributed by atoms with Crippen LogP contribution in [0, 0.1) is 19.7 Å². The van der Waals surface area contributed by atoms with Gasteiger partial charge in [0.25, 0.3) is 5.56 Å². The highest BCUT2D eigenvalue weighted by atomic mass is 32.2. The van der Waals surface area contributed by atoms with E-state index in [1.165, 1.54) is 29.1 Å². The van der Waals surface area contributed by atoms with Crippen LogP contribution in [0.15, 0.2) is 143 Å². The lowest BCUT2D eigenvalue weighted by Gasteiger charge is -2.29. The molecular weight excluding hydrogens is 979 g/mol. The number of ether oxygens (including phenoxy) is 1.